The lowest BCUT2D eigenvalue weighted by atomic mass is 10.1. The van der Waals surface area contributed by atoms with Gasteiger partial charge >= 0.3 is 5.97 Å². The lowest BCUT2D eigenvalue weighted by molar-refractivity contribution is -0.116. The van der Waals surface area contributed by atoms with Crippen LogP contribution >= 0.6 is 0 Å². The number of carboxylic acid groups (broad SMARTS) is 1. The third kappa shape index (κ3) is 9.01. The zero-order valence-corrected chi connectivity index (χ0v) is 14.1. The first-order chi connectivity index (χ1) is 11.1. The fourth-order valence-corrected chi connectivity index (χ4v) is 2.55. The molecule has 128 valence electrons. The van der Waals surface area contributed by atoms with E-state index in [0.29, 0.717) is 12.1 Å². The maximum Gasteiger partial charge on any atom is 0.335 e. The monoisotopic (exact) mass is 319 g/mol. The maximum atomic E-state index is 11.8. The van der Waals surface area contributed by atoms with Crippen LogP contribution in [0.15, 0.2) is 24.3 Å². The number of carbonyl (C=O) groups excluding carboxylic acids is 1. The van der Waals surface area contributed by atoms with Gasteiger partial charge in [0, 0.05) is 12.1 Å². The summed E-state index contributed by atoms with van der Waals surface area (Å²) in [5.41, 5.74) is 0.733. The maximum absolute atomic E-state index is 11.8. The number of carboxylic acids is 1. The van der Waals surface area contributed by atoms with Crippen LogP contribution in [0, 0.1) is 0 Å². The van der Waals surface area contributed by atoms with Crippen molar-refractivity contribution in [2.75, 3.05) is 5.32 Å². The standard InChI is InChI=1S/C19H29NO3/c1-2-3-4-5-6-7-8-9-10-14-18(21)20-17-13-11-12-16(15-17)19(22)23/h11-13,15H,2-10,14H2,1H3,(H,20,21)(H,22,23). The molecule has 0 saturated heterocycles. The lowest BCUT2D eigenvalue weighted by Crippen LogP contribution is -2.11. The normalized spacial score (nSPS) is 10.5. The van der Waals surface area contributed by atoms with E-state index in [1.807, 2.05) is 0 Å². The summed E-state index contributed by atoms with van der Waals surface area (Å²) in [7, 11) is 0. The van der Waals surface area contributed by atoms with Crippen LogP contribution in [-0.2, 0) is 4.79 Å². The fraction of sp³-hybridized carbons (Fsp3) is 0.579. The highest BCUT2D eigenvalue weighted by Crippen LogP contribution is 2.13. The van der Waals surface area contributed by atoms with E-state index in [-0.39, 0.29) is 11.5 Å². The molecule has 0 unspecified atom stereocenters. The van der Waals surface area contributed by atoms with Crippen LogP contribution in [0.5, 0.6) is 0 Å². The van der Waals surface area contributed by atoms with Crippen LogP contribution in [0.3, 0.4) is 0 Å². The van der Waals surface area contributed by atoms with Gasteiger partial charge in [-0.3, -0.25) is 4.79 Å². The van der Waals surface area contributed by atoms with Crippen molar-refractivity contribution >= 4 is 17.6 Å². The predicted molar refractivity (Wildman–Crippen MR) is 93.9 cm³/mol. The van der Waals surface area contributed by atoms with Crippen molar-refractivity contribution in [3.8, 4) is 0 Å². The summed E-state index contributed by atoms with van der Waals surface area (Å²) in [5.74, 6) is -1.03. The van der Waals surface area contributed by atoms with Gasteiger partial charge in [0.25, 0.3) is 0 Å². The molecular weight excluding hydrogens is 290 g/mol. The number of benzene rings is 1. The van der Waals surface area contributed by atoms with E-state index in [1.165, 1.54) is 57.1 Å². The summed E-state index contributed by atoms with van der Waals surface area (Å²) in [6.07, 6.45) is 11.5. The van der Waals surface area contributed by atoms with Crippen LogP contribution in [-0.4, -0.2) is 17.0 Å². The van der Waals surface area contributed by atoms with E-state index in [1.54, 1.807) is 12.1 Å². The van der Waals surface area contributed by atoms with Gasteiger partial charge in [0.05, 0.1) is 5.56 Å². The molecule has 1 aromatic rings. The Morgan fingerprint density at radius 3 is 2.17 bits per heavy atom. The number of rotatable bonds is 12. The van der Waals surface area contributed by atoms with E-state index in [0.717, 1.165) is 12.8 Å². The van der Waals surface area contributed by atoms with E-state index >= 15 is 0 Å². The molecule has 2 N–H and O–H groups in total. The van der Waals surface area contributed by atoms with Gasteiger partial charge in [-0.05, 0) is 24.6 Å². The van der Waals surface area contributed by atoms with Gasteiger partial charge in [-0.2, -0.15) is 0 Å². The number of unbranched alkanes of at least 4 members (excludes halogenated alkanes) is 8. The molecule has 0 bridgehead atoms. The number of anilines is 1. The second-order valence-corrected chi connectivity index (χ2v) is 6.01. The first-order valence-corrected chi connectivity index (χ1v) is 8.76. The molecule has 0 atom stereocenters. The quantitative estimate of drug-likeness (QED) is 0.517. The first-order valence-electron chi connectivity index (χ1n) is 8.76. The van der Waals surface area contributed by atoms with Gasteiger partial charge in [0.2, 0.25) is 5.91 Å². The minimum absolute atomic E-state index is 0.0458. The van der Waals surface area contributed by atoms with Crippen LogP contribution in [0.1, 0.15) is 81.5 Å². The molecule has 0 heterocycles. The van der Waals surface area contributed by atoms with Crippen molar-refractivity contribution in [2.24, 2.45) is 0 Å². The molecule has 0 aliphatic carbocycles. The average Bonchev–Trinajstić information content (AvgIpc) is 2.53. The average molecular weight is 319 g/mol. The zero-order valence-electron chi connectivity index (χ0n) is 14.1. The van der Waals surface area contributed by atoms with Crippen molar-refractivity contribution in [1.29, 1.82) is 0 Å². The van der Waals surface area contributed by atoms with Gasteiger partial charge in [-0.15, -0.1) is 0 Å². The topological polar surface area (TPSA) is 66.4 Å². The zero-order chi connectivity index (χ0) is 16.9. The number of nitrogens with one attached hydrogen (secondary N) is 1. The molecule has 1 amide bonds. The molecule has 0 radical (unpaired) electrons. The Morgan fingerprint density at radius 2 is 1.57 bits per heavy atom. The summed E-state index contributed by atoms with van der Waals surface area (Å²) < 4.78 is 0. The molecule has 1 aromatic carbocycles. The number of amides is 1. The fourth-order valence-electron chi connectivity index (χ4n) is 2.55. The molecule has 4 heteroatoms. The van der Waals surface area contributed by atoms with E-state index < -0.39 is 5.97 Å². The molecule has 4 nitrogen and oxygen atoms in total. The van der Waals surface area contributed by atoms with Gasteiger partial charge in [0.1, 0.15) is 0 Å². The van der Waals surface area contributed by atoms with Crippen molar-refractivity contribution < 1.29 is 14.7 Å². The molecule has 0 fully saturated rings. The highest BCUT2D eigenvalue weighted by Gasteiger charge is 2.06. The summed E-state index contributed by atoms with van der Waals surface area (Å²) in [4.78, 5) is 22.7. The second-order valence-electron chi connectivity index (χ2n) is 6.01. The molecule has 0 aliphatic heterocycles. The number of aromatic carboxylic acids is 1. The van der Waals surface area contributed by atoms with Crippen LogP contribution in [0.2, 0.25) is 0 Å². The second kappa shape index (κ2) is 11.7. The van der Waals surface area contributed by atoms with Gasteiger partial charge < -0.3 is 10.4 Å². The Kier molecular flexibility index (Phi) is 9.76. The van der Waals surface area contributed by atoms with E-state index in [9.17, 15) is 9.59 Å². The Bertz CT molecular complexity index is 485. The van der Waals surface area contributed by atoms with Crippen molar-refractivity contribution in [2.45, 2.75) is 71.1 Å². The van der Waals surface area contributed by atoms with E-state index in [4.69, 9.17) is 5.11 Å². The highest BCUT2D eigenvalue weighted by molar-refractivity contribution is 5.93. The molecule has 1 rings (SSSR count). The van der Waals surface area contributed by atoms with E-state index in [2.05, 4.69) is 12.2 Å². The predicted octanol–water partition coefficient (Wildman–Crippen LogP) is 5.24. The summed E-state index contributed by atoms with van der Waals surface area (Å²) in [6.45, 7) is 2.23. The van der Waals surface area contributed by atoms with Crippen molar-refractivity contribution in [1.82, 2.24) is 0 Å². The van der Waals surface area contributed by atoms with Crippen LogP contribution in [0.25, 0.3) is 0 Å². The highest BCUT2D eigenvalue weighted by atomic mass is 16.4. The molecular formula is C19H29NO3. The minimum Gasteiger partial charge on any atom is -0.478 e. The number of hydrogen-bond donors (Lipinski definition) is 2. The Balaban J connectivity index is 2.11. The lowest BCUT2D eigenvalue weighted by Gasteiger charge is -2.06. The summed E-state index contributed by atoms with van der Waals surface area (Å²) >= 11 is 0. The first kappa shape index (κ1) is 19.2. The van der Waals surface area contributed by atoms with Crippen LogP contribution < -0.4 is 5.32 Å². The van der Waals surface area contributed by atoms with Gasteiger partial charge in [-0.25, -0.2) is 4.79 Å². The number of hydrogen-bond acceptors (Lipinski definition) is 2. The molecule has 0 aromatic heterocycles. The van der Waals surface area contributed by atoms with Crippen molar-refractivity contribution in [3.63, 3.8) is 0 Å². The Hall–Kier alpha value is -1.84. The minimum atomic E-state index is -0.986. The third-order valence-corrected chi connectivity index (χ3v) is 3.90. The van der Waals surface area contributed by atoms with Gasteiger partial charge in [0.15, 0.2) is 0 Å². The Morgan fingerprint density at radius 1 is 0.957 bits per heavy atom. The number of carbonyl (C=O) groups is 2. The Labute approximate surface area is 139 Å². The SMILES string of the molecule is CCCCCCCCCCCC(=O)Nc1cccc(C(=O)O)c1. The van der Waals surface area contributed by atoms with Gasteiger partial charge in [-0.1, -0.05) is 64.4 Å². The molecule has 0 aliphatic rings. The largest absolute Gasteiger partial charge is 0.478 e. The van der Waals surface area contributed by atoms with Crippen LogP contribution in [0.4, 0.5) is 5.69 Å². The molecule has 23 heavy (non-hydrogen) atoms. The smallest absolute Gasteiger partial charge is 0.335 e. The summed E-state index contributed by atoms with van der Waals surface area (Å²) in [6, 6.07) is 6.34. The molecule has 0 spiro atoms. The summed E-state index contributed by atoms with van der Waals surface area (Å²) in [5, 5.41) is 11.7. The van der Waals surface area contributed by atoms with Crippen molar-refractivity contribution in [3.05, 3.63) is 29.8 Å². The molecule has 0 saturated carbocycles. The third-order valence-electron chi connectivity index (χ3n) is 3.90.